The number of nitrogens with zero attached hydrogens (tertiary/aromatic N) is 3. The number of halogens is 2. The predicted octanol–water partition coefficient (Wildman–Crippen LogP) is 6.84. The highest BCUT2D eigenvalue weighted by Crippen LogP contribution is 2.41. The Hall–Kier alpha value is -3.80. The number of fused-ring (bicyclic) bond motifs is 1. The third-order valence-corrected chi connectivity index (χ3v) is 10.0. The number of ether oxygens (including phenoxy) is 3. The van der Waals surface area contributed by atoms with Crippen molar-refractivity contribution in [3.8, 4) is 5.75 Å². The van der Waals surface area contributed by atoms with Crippen LogP contribution in [0.2, 0.25) is 5.02 Å². The number of hydrogen-bond donors (Lipinski definition) is 1. The molecule has 1 aliphatic heterocycles. The minimum Gasteiger partial charge on any atom is -0.487 e. The van der Waals surface area contributed by atoms with Crippen LogP contribution < -0.4 is 10.1 Å². The van der Waals surface area contributed by atoms with Gasteiger partial charge in [-0.25, -0.2) is 22.8 Å². The topological polar surface area (TPSA) is 113 Å². The van der Waals surface area contributed by atoms with Crippen molar-refractivity contribution < 1.29 is 27.0 Å². The van der Waals surface area contributed by atoms with Gasteiger partial charge in [0.1, 0.15) is 36.4 Å². The average molecular weight is 627 g/mol. The lowest BCUT2D eigenvalue weighted by Gasteiger charge is -2.35. The highest BCUT2D eigenvalue weighted by molar-refractivity contribution is 7.92. The van der Waals surface area contributed by atoms with Gasteiger partial charge in [0.05, 0.1) is 33.9 Å². The fourth-order valence-corrected chi connectivity index (χ4v) is 6.17. The molecule has 0 fully saturated rings. The van der Waals surface area contributed by atoms with Crippen LogP contribution in [0.15, 0.2) is 73.4 Å². The lowest BCUT2D eigenvalue weighted by Crippen LogP contribution is -2.43. The van der Waals surface area contributed by atoms with E-state index in [2.05, 4.69) is 20.3 Å². The summed E-state index contributed by atoms with van der Waals surface area (Å²) in [4.78, 5) is 13.4. The summed E-state index contributed by atoms with van der Waals surface area (Å²) in [5, 5.41) is 3.73. The number of anilines is 2. The molecule has 3 unspecified atom stereocenters. The number of benzene rings is 2. The minimum atomic E-state index is -3.50. The molecule has 226 valence electrons. The zero-order valence-electron chi connectivity index (χ0n) is 24.1. The minimum absolute atomic E-state index is 0.166. The summed E-state index contributed by atoms with van der Waals surface area (Å²) in [6.07, 6.45) is 6.26. The monoisotopic (exact) mass is 626 g/mol. The lowest BCUT2D eigenvalue weighted by molar-refractivity contribution is -0.108. The van der Waals surface area contributed by atoms with Crippen LogP contribution in [0.25, 0.3) is 10.9 Å². The third-order valence-electron chi connectivity index (χ3n) is 7.40. The van der Waals surface area contributed by atoms with Gasteiger partial charge in [0, 0.05) is 17.5 Å². The zero-order chi connectivity index (χ0) is 30.8. The molecule has 1 N–H and O–H groups in total. The van der Waals surface area contributed by atoms with Gasteiger partial charge in [-0.3, -0.25) is 4.98 Å². The van der Waals surface area contributed by atoms with Gasteiger partial charge in [-0.05, 0) is 75.7 Å². The summed E-state index contributed by atoms with van der Waals surface area (Å²) in [5.74, 6) is 0.620. The van der Waals surface area contributed by atoms with Crippen LogP contribution in [0.3, 0.4) is 0 Å². The van der Waals surface area contributed by atoms with Crippen molar-refractivity contribution in [2.45, 2.75) is 63.1 Å². The van der Waals surface area contributed by atoms with E-state index in [1.165, 1.54) is 25.4 Å². The van der Waals surface area contributed by atoms with E-state index < -0.39 is 32.2 Å². The average Bonchev–Trinajstić information content (AvgIpc) is 3.48. The number of hydrogen-bond acceptors (Lipinski definition) is 9. The molecule has 0 spiro atoms. The Morgan fingerprint density at radius 1 is 1.09 bits per heavy atom. The van der Waals surface area contributed by atoms with Gasteiger partial charge < -0.3 is 19.5 Å². The molecule has 1 aliphatic rings. The van der Waals surface area contributed by atoms with Gasteiger partial charge in [-0.1, -0.05) is 23.7 Å². The van der Waals surface area contributed by atoms with Gasteiger partial charge in [-0.2, -0.15) is 0 Å². The van der Waals surface area contributed by atoms with Gasteiger partial charge >= 0.3 is 0 Å². The summed E-state index contributed by atoms with van der Waals surface area (Å²) in [6, 6.07) is 13.2. The van der Waals surface area contributed by atoms with Crippen molar-refractivity contribution in [3.05, 3.63) is 95.5 Å². The Balaban J connectivity index is 1.39. The molecular formula is C31H32ClFN4O5S. The van der Waals surface area contributed by atoms with Gasteiger partial charge in [0.25, 0.3) is 0 Å². The molecular weight excluding hydrogens is 595 g/mol. The Labute approximate surface area is 255 Å². The maximum absolute atomic E-state index is 13.5. The normalized spacial score (nSPS) is 18.0. The van der Waals surface area contributed by atoms with Crippen LogP contribution in [0, 0.1) is 5.82 Å². The van der Waals surface area contributed by atoms with Gasteiger partial charge in [-0.15, -0.1) is 0 Å². The molecule has 12 heteroatoms. The van der Waals surface area contributed by atoms with Crippen molar-refractivity contribution >= 4 is 43.8 Å². The van der Waals surface area contributed by atoms with Crippen LogP contribution in [-0.4, -0.2) is 40.2 Å². The molecule has 5 rings (SSSR count). The number of sulfone groups is 1. The van der Waals surface area contributed by atoms with E-state index in [-0.39, 0.29) is 12.4 Å². The second-order valence-corrected chi connectivity index (χ2v) is 13.8. The fourth-order valence-electron chi connectivity index (χ4n) is 4.84. The van der Waals surface area contributed by atoms with E-state index in [1.54, 1.807) is 63.6 Å². The van der Waals surface area contributed by atoms with E-state index in [0.717, 1.165) is 0 Å². The van der Waals surface area contributed by atoms with Crippen molar-refractivity contribution in [1.29, 1.82) is 0 Å². The van der Waals surface area contributed by atoms with Crippen molar-refractivity contribution in [3.63, 3.8) is 0 Å². The first-order valence-corrected chi connectivity index (χ1v) is 15.7. The zero-order valence-corrected chi connectivity index (χ0v) is 25.7. The number of pyridine rings is 1. The number of rotatable bonds is 11. The molecule has 4 aromatic rings. The van der Waals surface area contributed by atoms with Crippen molar-refractivity contribution in [2.24, 2.45) is 0 Å². The second-order valence-electron chi connectivity index (χ2n) is 10.6. The van der Waals surface area contributed by atoms with E-state index in [9.17, 15) is 12.8 Å². The Morgan fingerprint density at radius 2 is 1.91 bits per heavy atom. The molecule has 0 saturated carbocycles. The first kappa shape index (κ1) is 30.7. The third kappa shape index (κ3) is 6.43. The predicted molar refractivity (Wildman–Crippen MR) is 163 cm³/mol. The second kappa shape index (κ2) is 12.4. The van der Waals surface area contributed by atoms with Crippen molar-refractivity contribution in [2.75, 3.05) is 5.32 Å². The van der Waals surface area contributed by atoms with Crippen LogP contribution in [0.5, 0.6) is 5.75 Å². The van der Waals surface area contributed by atoms with Crippen LogP contribution in [-0.2, 0) is 31.5 Å². The Bertz CT molecular complexity index is 1760. The summed E-state index contributed by atoms with van der Waals surface area (Å²) < 4.78 is 56.9. The van der Waals surface area contributed by atoms with Crippen LogP contribution >= 0.6 is 11.6 Å². The van der Waals surface area contributed by atoms with Crippen LogP contribution in [0.1, 0.15) is 45.4 Å². The molecule has 0 radical (unpaired) electrons. The first-order chi connectivity index (χ1) is 20.5. The fraction of sp³-hybridized carbons (Fsp3) is 0.323. The summed E-state index contributed by atoms with van der Waals surface area (Å²) in [6.45, 7) is 6.74. The number of aromatic nitrogens is 3. The Morgan fingerprint density at radius 3 is 2.60 bits per heavy atom. The molecule has 43 heavy (non-hydrogen) atoms. The molecule has 9 nitrogen and oxygen atoms in total. The van der Waals surface area contributed by atoms with Gasteiger partial charge in [0.2, 0.25) is 0 Å². The summed E-state index contributed by atoms with van der Waals surface area (Å²) in [7, 11) is -3.50. The first-order valence-electron chi connectivity index (χ1n) is 13.8. The van der Waals surface area contributed by atoms with E-state index in [1.807, 2.05) is 12.1 Å². The van der Waals surface area contributed by atoms with Crippen LogP contribution in [0.4, 0.5) is 15.9 Å². The number of nitrogens with one attached hydrogen (secondary N) is 1. The van der Waals surface area contributed by atoms with E-state index in [4.69, 9.17) is 25.8 Å². The van der Waals surface area contributed by atoms with E-state index in [0.29, 0.717) is 50.9 Å². The SMILES string of the molecule is CC(OC(C)S(=O)(=O)C(C)C)C1(c2cc3c(Nc4ccc(OCc5cccc(F)c5)c(Cl)c4)ncnc3cn2)CC=CO1. The maximum atomic E-state index is 13.5. The lowest BCUT2D eigenvalue weighted by atomic mass is 9.89. The Kier molecular flexibility index (Phi) is 8.86. The molecule has 3 atom stereocenters. The molecule has 0 bridgehead atoms. The largest absolute Gasteiger partial charge is 0.487 e. The molecule has 0 amide bonds. The maximum Gasteiger partial charge on any atom is 0.179 e. The van der Waals surface area contributed by atoms with Gasteiger partial charge in [0.15, 0.2) is 20.9 Å². The van der Waals surface area contributed by atoms with E-state index >= 15 is 0 Å². The highest BCUT2D eigenvalue weighted by Gasteiger charge is 2.45. The molecule has 0 aliphatic carbocycles. The van der Waals surface area contributed by atoms with Crippen molar-refractivity contribution in [1.82, 2.24) is 15.0 Å². The molecule has 2 aromatic carbocycles. The smallest absolute Gasteiger partial charge is 0.179 e. The summed E-state index contributed by atoms with van der Waals surface area (Å²) >= 11 is 6.51. The summed E-state index contributed by atoms with van der Waals surface area (Å²) in [5.41, 5.74) is 0.391. The molecule has 0 saturated heterocycles. The quantitative estimate of drug-likeness (QED) is 0.191. The molecule has 2 aromatic heterocycles. The molecule has 3 heterocycles. The standard InChI is InChI=1S/C31H32ClFN4O5S/c1-19(2)43(38,39)21(4)42-20(3)31(11-6-12-41-31)29-15-25-27(16-34-29)35-18-36-30(25)37-24-9-10-28(26(32)14-24)40-17-22-7-5-8-23(33)13-22/h5-10,12-16,18-21H,11,17H2,1-4H3,(H,35,36,37). The highest BCUT2D eigenvalue weighted by atomic mass is 35.5.